The van der Waals surface area contributed by atoms with Gasteiger partial charge in [-0.3, -0.25) is 9.59 Å². The molecular formula is C14H17NO6. The summed E-state index contributed by atoms with van der Waals surface area (Å²) in [5.41, 5.74) is -0.249. The van der Waals surface area contributed by atoms with Crippen molar-refractivity contribution in [2.24, 2.45) is 0 Å². The van der Waals surface area contributed by atoms with Gasteiger partial charge in [-0.15, -0.1) is 0 Å². The Morgan fingerprint density at radius 2 is 2.05 bits per heavy atom. The molecule has 0 bridgehead atoms. The van der Waals surface area contributed by atoms with Gasteiger partial charge in [0.05, 0.1) is 8.48 Å². The summed E-state index contributed by atoms with van der Waals surface area (Å²) >= 11 is 0. The van der Waals surface area contributed by atoms with Crippen molar-refractivity contribution in [1.29, 1.82) is 0 Å². The molecule has 7 heteroatoms. The lowest BCUT2D eigenvalue weighted by Crippen LogP contribution is -2.41. The molecule has 0 spiro atoms. The highest BCUT2D eigenvalue weighted by molar-refractivity contribution is 5.82. The molecular weight excluding hydrogens is 278 g/mol. The molecule has 1 aromatic carbocycles. The Labute approximate surface area is 126 Å². The van der Waals surface area contributed by atoms with Crippen LogP contribution in [0, 0.1) is 0 Å². The zero-order valence-corrected chi connectivity index (χ0v) is 11.7. The number of ether oxygens (including phenoxy) is 2. The van der Waals surface area contributed by atoms with Crippen molar-refractivity contribution in [3.05, 3.63) is 23.8 Å². The second-order valence-electron chi connectivity index (χ2n) is 3.95. The van der Waals surface area contributed by atoms with E-state index in [1.807, 2.05) is 0 Å². The van der Waals surface area contributed by atoms with Gasteiger partial charge in [-0.25, -0.2) is 4.79 Å². The molecule has 7 nitrogen and oxygen atoms in total. The Bertz CT molecular complexity index is 678. The molecule has 0 radical (unpaired) electrons. The van der Waals surface area contributed by atoms with Gasteiger partial charge < -0.3 is 19.9 Å². The first kappa shape index (κ1) is 12.2. The summed E-state index contributed by atoms with van der Waals surface area (Å²) < 4.78 is 33.9. The van der Waals surface area contributed by atoms with Gasteiger partial charge in [-0.1, -0.05) is 6.07 Å². The number of carbonyl (C=O) groups is 3. The van der Waals surface area contributed by atoms with Crippen molar-refractivity contribution in [3.8, 4) is 11.5 Å². The Morgan fingerprint density at radius 3 is 2.52 bits per heavy atom. The van der Waals surface area contributed by atoms with Gasteiger partial charge in [-0.05, 0) is 17.7 Å². The Kier molecular flexibility index (Phi) is 4.22. The maximum atomic E-state index is 11.4. The summed E-state index contributed by atoms with van der Waals surface area (Å²) in [5.74, 6) is -3.38. The van der Waals surface area contributed by atoms with Gasteiger partial charge in [0.15, 0.2) is 11.5 Å². The molecule has 114 valence electrons. The fourth-order valence-electron chi connectivity index (χ4n) is 1.44. The van der Waals surface area contributed by atoms with Crippen molar-refractivity contribution < 1.29 is 33.1 Å². The molecule has 0 aliphatic rings. The molecule has 1 amide bonds. The van der Waals surface area contributed by atoms with Gasteiger partial charge in [0.1, 0.15) is 6.02 Å². The molecule has 21 heavy (non-hydrogen) atoms. The molecule has 0 saturated heterocycles. The third-order valence-electron chi connectivity index (χ3n) is 2.20. The summed E-state index contributed by atoms with van der Waals surface area (Å²) in [5, 5.41) is 11.0. The monoisotopic (exact) mass is 298 g/mol. The quantitative estimate of drug-likeness (QED) is 0.593. The Balaban J connectivity index is 3.42. The minimum absolute atomic E-state index is 0.00924. The molecule has 2 N–H and O–H groups in total. The molecule has 0 heterocycles. The second kappa shape index (κ2) is 7.28. The van der Waals surface area contributed by atoms with Gasteiger partial charge >= 0.3 is 11.9 Å². The first-order valence-electron chi connectivity index (χ1n) is 7.34. The van der Waals surface area contributed by atoms with Crippen LogP contribution in [-0.2, 0) is 20.8 Å². The summed E-state index contributed by atoms with van der Waals surface area (Å²) in [4.78, 5) is 33.6. The average Bonchev–Trinajstić information content (AvgIpc) is 2.45. The number of hydrogen-bond donors (Lipinski definition) is 2. The van der Waals surface area contributed by atoms with E-state index in [1.165, 1.54) is 20.1 Å². The molecule has 0 aliphatic carbocycles. The second-order valence-corrected chi connectivity index (χ2v) is 3.95. The lowest BCUT2D eigenvalue weighted by atomic mass is 10.1. The highest BCUT2D eigenvalue weighted by Gasteiger charge is 2.19. The summed E-state index contributed by atoms with van der Waals surface area (Å²) in [7, 11) is 1.25. The van der Waals surface area contributed by atoms with Crippen molar-refractivity contribution in [1.82, 2.24) is 5.32 Å². The number of carboxylic acids is 1. The maximum Gasteiger partial charge on any atom is 0.326 e. The van der Waals surface area contributed by atoms with Crippen LogP contribution < -0.4 is 14.8 Å². The van der Waals surface area contributed by atoms with Gasteiger partial charge in [-0.2, -0.15) is 0 Å². The van der Waals surface area contributed by atoms with Crippen LogP contribution in [0.3, 0.4) is 0 Å². The molecule has 1 atom stereocenters. The van der Waals surface area contributed by atoms with E-state index in [0.717, 1.165) is 19.1 Å². The minimum Gasteiger partial charge on any atom is -0.493 e. The van der Waals surface area contributed by atoms with E-state index < -0.39 is 30.2 Å². The van der Waals surface area contributed by atoms with Crippen molar-refractivity contribution >= 4 is 17.8 Å². The van der Waals surface area contributed by atoms with Crippen LogP contribution >= 0.6 is 0 Å². The number of methoxy groups -OCH3 is 1. The van der Waals surface area contributed by atoms with Crippen LogP contribution in [0.15, 0.2) is 18.2 Å². The van der Waals surface area contributed by atoms with E-state index in [1.54, 1.807) is 5.32 Å². The van der Waals surface area contributed by atoms with Crippen LogP contribution in [0.5, 0.6) is 11.5 Å². The number of amides is 1. The zero-order valence-electron chi connectivity index (χ0n) is 14.7. The van der Waals surface area contributed by atoms with Gasteiger partial charge in [0, 0.05) is 23.0 Å². The predicted molar refractivity (Wildman–Crippen MR) is 73.2 cm³/mol. The number of benzene rings is 1. The largest absolute Gasteiger partial charge is 0.493 e. The first-order chi connectivity index (χ1) is 11.0. The van der Waals surface area contributed by atoms with Gasteiger partial charge in [0.25, 0.3) is 0 Å². The van der Waals surface area contributed by atoms with Crippen molar-refractivity contribution in [2.75, 3.05) is 7.11 Å². The smallest absolute Gasteiger partial charge is 0.326 e. The first-order valence-corrected chi connectivity index (χ1v) is 5.84. The number of nitrogens with one attached hydrogen (secondary N) is 1. The van der Waals surface area contributed by atoms with Crippen LogP contribution in [0.2, 0.25) is 0 Å². The Hall–Kier alpha value is -2.57. The van der Waals surface area contributed by atoms with Crippen LogP contribution in [0.1, 0.15) is 23.5 Å². The molecule has 0 fully saturated rings. The number of aliphatic carboxylic acids is 1. The van der Waals surface area contributed by atoms with E-state index in [-0.39, 0.29) is 17.1 Å². The maximum absolute atomic E-state index is 11.4. The lowest BCUT2D eigenvalue weighted by Gasteiger charge is -2.15. The van der Waals surface area contributed by atoms with E-state index in [0.29, 0.717) is 0 Å². The molecule has 0 saturated carbocycles. The predicted octanol–water partition coefficient (Wildman–Crippen LogP) is 0.752. The van der Waals surface area contributed by atoms with E-state index in [9.17, 15) is 19.5 Å². The number of carboxylic acid groups (broad SMARTS) is 1. The van der Waals surface area contributed by atoms with Gasteiger partial charge in [0.2, 0.25) is 5.91 Å². The summed E-state index contributed by atoms with van der Waals surface area (Å²) in [6, 6.07) is 0.497. The standard InChI is InChI=1S/C14H17NO6/c1-8(16)15-11(14(18)19)6-10-4-5-12(21-9(2)17)13(7-10)20-3/h4-5,7,11H,6H2,1-3H3,(H,15,16)(H,18,19)/i6D2,11D. The fraction of sp³-hybridized carbons (Fsp3) is 0.357. The third-order valence-corrected chi connectivity index (χ3v) is 2.20. The molecule has 1 unspecified atom stereocenters. The molecule has 0 aromatic heterocycles. The van der Waals surface area contributed by atoms with E-state index in [4.69, 9.17) is 13.6 Å². The van der Waals surface area contributed by atoms with Crippen LogP contribution in [0.25, 0.3) is 0 Å². The summed E-state index contributed by atoms with van der Waals surface area (Å²) in [6.45, 7) is 2.15. The highest BCUT2D eigenvalue weighted by atomic mass is 16.6. The Morgan fingerprint density at radius 1 is 1.38 bits per heavy atom. The van der Waals surface area contributed by atoms with Crippen LogP contribution in [0.4, 0.5) is 0 Å². The average molecular weight is 298 g/mol. The van der Waals surface area contributed by atoms with E-state index >= 15 is 0 Å². The minimum atomic E-state index is -2.97. The summed E-state index contributed by atoms with van der Waals surface area (Å²) in [6.07, 6.45) is -2.81. The fourth-order valence-corrected chi connectivity index (χ4v) is 1.44. The highest BCUT2D eigenvalue weighted by Crippen LogP contribution is 2.28. The normalized spacial score (nSPS) is 15.7. The van der Waals surface area contributed by atoms with Crippen molar-refractivity contribution in [3.63, 3.8) is 0 Å². The zero-order chi connectivity index (χ0) is 18.7. The topological polar surface area (TPSA) is 102 Å². The van der Waals surface area contributed by atoms with Crippen LogP contribution in [-0.4, -0.2) is 36.1 Å². The third kappa shape index (κ3) is 5.13. The molecule has 1 aromatic rings. The number of rotatable bonds is 6. The number of hydrogen-bond acceptors (Lipinski definition) is 5. The SMILES string of the molecule is [2H]C(NC(C)=O)(C(=O)O)C([2H])([2H])c1ccc(OC(C)=O)c(OC)c1. The lowest BCUT2D eigenvalue weighted by molar-refractivity contribution is -0.141. The number of carbonyl (C=O) groups excluding carboxylic acids is 2. The molecule has 1 rings (SSSR count). The molecule has 0 aliphatic heterocycles. The van der Waals surface area contributed by atoms with E-state index in [2.05, 4.69) is 0 Å². The van der Waals surface area contributed by atoms with Crippen molar-refractivity contribution in [2.45, 2.75) is 26.2 Å². The number of esters is 1.